The molecule has 0 saturated carbocycles. The largest absolute Gasteiger partial charge is 0.756 e. The second-order valence-corrected chi connectivity index (χ2v) is 23.9. The summed E-state index contributed by atoms with van der Waals surface area (Å²) in [4.78, 5) is 40.1. The number of nitrogens with zero attached hydrogens (tertiary/aromatic N) is 1. The molecule has 0 aliphatic heterocycles. The van der Waals surface area contributed by atoms with Gasteiger partial charge in [-0.2, -0.15) is 0 Å². The molecule has 0 spiro atoms. The number of amides is 1. The lowest BCUT2D eigenvalue weighted by Gasteiger charge is -2.30. The fraction of sp³-hybridized carbons (Fsp3) is 0.662. The maximum Gasteiger partial charge on any atom is 0.306 e. The fourth-order valence-corrected chi connectivity index (χ4v) is 9.36. The van der Waals surface area contributed by atoms with Crippen LogP contribution in [0.2, 0.25) is 0 Å². The molecule has 0 radical (unpaired) electrons. The first-order chi connectivity index (χ1) is 39.4. The third-order valence-corrected chi connectivity index (χ3v) is 14.5. The molecule has 0 fully saturated rings. The first-order valence-corrected chi connectivity index (χ1v) is 34.0. The van der Waals surface area contributed by atoms with E-state index in [1.807, 2.05) is 33.3 Å². The minimum atomic E-state index is -4.72. The van der Waals surface area contributed by atoms with Crippen molar-refractivity contribution in [1.29, 1.82) is 0 Å². The van der Waals surface area contributed by atoms with Crippen molar-refractivity contribution >= 4 is 19.7 Å². The van der Waals surface area contributed by atoms with Crippen LogP contribution in [0.1, 0.15) is 252 Å². The SMILES string of the molecule is CC/C=C\C/C=C\C/C=C\C/C=C\C/C=C\CCCCCCCCCC(=O)OC(/C=C/CCCCCCCCCCCCC)C(COP(=O)([O-])OCC[N+](C)(C)C)NC(=O)CCCCC/C=C\C/C=C\C/C=C\C/C=C\C/C=C\CC. The molecule has 0 aromatic heterocycles. The molecule has 0 bridgehead atoms. The maximum absolute atomic E-state index is 13.6. The zero-order valence-corrected chi connectivity index (χ0v) is 53.6. The van der Waals surface area contributed by atoms with Crippen LogP contribution in [0.25, 0.3) is 0 Å². The number of esters is 1. The van der Waals surface area contributed by atoms with Crippen LogP contribution in [0.3, 0.4) is 0 Å². The van der Waals surface area contributed by atoms with Gasteiger partial charge in [-0.25, -0.2) is 0 Å². The second kappa shape index (κ2) is 59.3. The normalized spacial score (nSPS) is 14.5. The van der Waals surface area contributed by atoms with Crippen molar-refractivity contribution in [3.05, 3.63) is 134 Å². The van der Waals surface area contributed by atoms with Crippen molar-refractivity contribution in [1.82, 2.24) is 5.32 Å². The van der Waals surface area contributed by atoms with Crippen LogP contribution in [0.5, 0.6) is 0 Å². The summed E-state index contributed by atoms with van der Waals surface area (Å²) < 4.78 is 30.3. The lowest BCUT2D eigenvalue weighted by atomic mass is 10.0. The molecule has 0 saturated heterocycles. The van der Waals surface area contributed by atoms with Crippen LogP contribution in [0.4, 0.5) is 0 Å². The predicted octanol–water partition coefficient (Wildman–Crippen LogP) is 19.8. The minimum Gasteiger partial charge on any atom is -0.756 e. The number of phosphoric ester groups is 1. The van der Waals surface area contributed by atoms with E-state index in [2.05, 4.69) is 148 Å². The standard InChI is InChI=1S/C71H121N2O7P/c1-7-10-13-16-19-22-25-28-30-32-34-35-36-37-39-41-43-46-49-52-55-58-61-64-71(75)80-69(62-59-56-53-50-47-44-27-24-21-18-15-12-9-3)68(67-79-81(76,77)78-66-65-73(4,5)6)72-70(74)63-60-57-54-51-48-45-42-40-38-33-31-29-26-23-20-17-14-11-8-2/h10-11,13-14,19-20,22-23,28-31,34-35,37-40,45,48,59,62,68-69H,7-9,12,15-18,21,24-27,32-33,36,41-44,46-47,49-58,60-61,63-67H2,1-6H3,(H-,72,74,76,77)/b13-10-,14-11-,22-19-,23-20-,30-28-,31-29-,35-34-,39-37-,40-38-,48-45-,62-59+. The maximum atomic E-state index is 13.6. The third kappa shape index (κ3) is 60.6. The van der Waals surface area contributed by atoms with Gasteiger partial charge in [-0.15, -0.1) is 0 Å². The molecule has 10 heteroatoms. The summed E-state index contributed by atoms with van der Waals surface area (Å²) in [5.41, 5.74) is 0. The van der Waals surface area contributed by atoms with Gasteiger partial charge in [0.25, 0.3) is 7.82 Å². The molecule has 1 N–H and O–H groups in total. The van der Waals surface area contributed by atoms with Gasteiger partial charge >= 0.3 is 5.97 Å². The zero-order valence-electron chi connectivity index (χ0n) is 52.7. The van der Waals surface area contributed by atoms with Gasteiger partial charge in [0.2, 0.25) is 5.91 Å². The predicted molar refractivity (Wildman–Crippen MR) is 348 cm³/mol. The van der Waals surface area contributed by atoms with E-state index in [1.54, 1.807) is 0 Å². The van der Waals surface area contributed by atoms with E-state index < -0.39 is 26.6 Å². The Morgan fingerprint density at radius 1 is 0.444 bits per heavy atom. The van der Waals surface area contributed by atoms with Gasteiger partial charge in [0.15, 0.2) is 0 Å². The molecule has 1 amide bonds. The molecule has 0 aliphatic carbocycles. The minimum absolute atomic E-state index is 0.0384. The topological polar surface area (TPSA) is 114 Å². The Hall–Kier alpha value is -3.85. The smallest absolute Gasteiger partial charge is 0.306 e. The highest BCUT2D eigenvalue weighted by atomic mass is 31.2. The van der Waals surface area contributed by atoms with Crippen molar-refractivity contribution in [2.75, 3.05) is 40.9 Å². The number of ether oxygens (including phenoxy) is 1. The average Bonchev–Trinajstić information content (AvgIpc) is 3.44. The van der Waals surface area contributed by atoms with Crippen LogP contribution >= 0.6 is 7.82 Å². The lowest BCUT2D eigenvalue weighted by molar-refractivity contribution is -0.870. The lowest BCUT2D eigenvalue weighted by Crippen LogP contribution is -2.47. The third-order valence-electron chi connectivity index (χ3n) is 13.6. The number of hydrogen-bond donors (Lipinski definition) is 1. The van der Waals surface area contributed by atoms with Crippen LogP contribution in [0.15, 0.2) is 134 Å². The molecule has 0 aromatic carbocycles. The summed E-state index contributed by atoms with van der Waals surface area (Å²) >= 11 is 0. The number of rotatable bonds is 57. The van der Waals surface area contributed by atoms with Crippen LogP contribution in [-0.2, 0) is 27.9 Å². The highest BCUT2D eigenvalue weighted by molar-refractivity contribution is 7.45. The Morgan fingerprint density at radius 2 is 0.790 bits per heavy atom. The second-order valence-electron chi connectivity index (χ2n) is 22.5. The quantitative estimate of drug-likeness (QED) is 0.0212. The van der Waals surface area contributed by atoms with Crippen molar-refractivity contribution in [3.8, 4) is 0 Å². The van der Waals surface area contributed by atoms with E-state index in [-0.39, 0.29) is 31.3 Å². The molecular formula is C71H121N2O7P. The number of unbranched alkanes of at least 4 members (excludes halogenated alkanes) is 21. The Bertz CT molecular complexity index is 1850. The van der Waals surface area contributed by atoms with Gasteiger partial charge in [-0.1, -0.05) is 251 Å². The van der Waals surface area contributed by atoms with Crippen LogP contribution < -0.4 is 10.2 Å². The van der Waals surface area contributed by atoms with E-state index in [0.29, 0.717) is 23.9 Å². The van der Waals surface area contributed by atoms with E-state index in [1.165, 1.54) is 77.0 Å². The van der Waals surface area contributed by atoms with E-state index >= 15 is 0 Å². The monoisotopic (exact) mass is 1140 g/mol. The first kappa shape index (κ1) is 77.2. The van der Waals surface area contributed by atoms with Gasteiger partial charge in [-0.3, -0.25) is 14.2 Å². The van der Waals surface area contributed by atoms with Crippen molar-refractivity contribution in [2.45, 2.75) is 264 Å². The highest BCUT2D eigenvalue weighted by Gasteiger charge is 2.27. The van der Waals surface area contributed by atoms with E-state index in [9.17, 15) is 19.0 Å². The first-order valence-electron chi connectivity index (χ1n) is 32.5. The molecule has 81 heavy (non-hydrogen) atoms. The average molecular weight is 1150 g/mol. The van der Waals surface area contributed by atoms with Gasteiger partial charge in [0.05, 0.1) is 33.8 Å². The summed E-state index contributed by atoms with van der Waals surface area (Å²) in [6.45, 7) is 6.57. The Balaban J connectivity index is 5.32. The molecule has 9 nitrogen and oxygen atoms in total. The van der Waals surface area contributed by atoms with E-state index in [0.717, 1.165) is 128 Å². The highest BCUT2D eigenvalue weighted by Crippen LogP contribution is 2.38. The number of likely N-dealkylation sites (N-methyl/N-ethyl adjacent to an activating group) is 1. The van der Waals surface area contributed by atoms with Crippen LogP contribution in [0, 0.1) is 0 Å². The molecule has 0 aromatic rings. The van der Waals surface area contributed by atoms with Crippen molar-refractivity contribution in [3.63, 3.8) is 0 Å². The summed E-state index contributed by atoms with van der Waals surface area (Å²) in [7, 11) is 1.14. The number of quaternary nitrogens is 1. The van der Waals surface area contributed by atoms with Gasteiger partial charge < -0.3 is 28.5 Å². The van der Waals surface area contributed by atoms with E-state index in [4.69, 9.17) is 13.8 Å². The Morgan fingerprint density at radius 3 is 1.20 bits per heavy atom. The number of phosphoric acid groups is 1. The van der Waals surface area contributed by atoms with Gasteiger partial charge in [0.1, 0.15) is 19.3 Å². The number of carbonyl (C=O) groups is 2. The number of allylic oxidation sites excluding steroid dienone is 21. The van der Waals surface area contributed by atoms with Gasteiger partial charge in [-0.05, 0) is 122 Å². The summed E-state index contributed by atoms with van der Waals surface area (Å²) in [5.74, 6) is -0.599. The molecule has 0 heterocycles. The Labute approximate surface area is 498 Å². The molecule has 0 rings (SSSR count). The summed E-state index contributed by atoms with van der Waals surface area (Å²) in [6.07, 6.45) is 84.2. The number of carbonyl (C=O) groups excluding carboxylic acids is 2. The fourth-order valence-electron chi connectivity index (χ4n) is 8.63. The molecule has 462 valence electrons. The van der Waals surface area contributed by atoms with Gasteiger partial charge in [0, 0.05) is 12.8 Å². The summed E-state index contributed by atoms with van der Waals surface area (Å²) in [6, 6.07) is -0.921. The van der Waals surface area contributed by atoms with Crippen molar-refractivity contribution < 1.29 is 37.3 Å². The molecule has 3 atom stereocenters. The zero-order chi connectivity index (χ0) is 59.3. The number of hydrogen-bond acceptors (Lipinski definition) is 7. The Kier molecular flexibility index (Phi) is 56.5. The molecule has 3 unspecified atom stereocenters. The molecular weight excluding hydrogens is 1020 g/mol. The number of nitrogens with one attached hydrogen (secondary N) is 1. The van der Waals surface area contributed by atoms with Crippen LogP contribution in [-0.4, -0.2) is 69.4 Å². The van der Waals surface area contributed by atoms with Crippen molar-refractivity contribution in [2.24, 2.45) is 0 Å². The summed E-state index contributed by atoms with van der Waals surface area (Å²) in [5, 5.41) is 3.01. The molecule has 0 aliphatic rings.